The monoisotopic (exact) mass is 417 g/mol. The maximum atomic E-state index is 13.1. The molecule has 2 aromatic heterocycles. The topological polar surface area (TPSA) is 67.5 Å². The second kappa shape index (κ2) is 8.55. The lowest BCUT2D eigenvalue weighted by atomic mass is 9.83. The van der Waals surface area contributed by atoms with Crippen LogP contribution in [0.15, 0.2) is 70.1 Å². The second-order valence-electron chi connectivity index (χ2n) is 8.67. The van der Waals surface area contributed by atoms with Gasteiger partial charge in [0.05, 0.1) is 6.26 Å². The van der Waals surface area contributed by atoms with Crippen LogP contribution in [0.4, 0.5) is 5.69 Å². The largest absolute Gasteiger partial charge is 0.459 e. The first kappa shape index (κ1) is 19.8. The van der Waals surface area contributed by atoms with Crippen LogP contribution < -0.4 is 10.9 Å². The summed E-state index contributed by atoms with van der Waals surface area (Å²) in [5.41, 5.74) is 2.67. The number of carbonyl (C=O) groups excluding carboxylic acids is 1. The number of aryl methyl sites for hydroxylation is 1. The van der Waals surface area contributed by atoms with Crippen LogP contribution in [0.3, 0.4) is 0 Å². The molecule has 5 rings (SSSR count). The fourth-order valence-electron chi connectivity index (χ4n) is 5.07. The predicted molar refractivity (Wildman–Crippen MR) is 119 cm³/mol. The van der Waals surface area contributed by atoms with Gasteiger partial charge in [0.2, 0.25) is 0 Å². The van der Waals surface area contributed by atoms with E-state index in [-0.39, 0.29) is 11.3 Å². The van der Waals surface area contributed by atoms with E-state index in [4.69, 9.17) is 4.42 Å². The zero-order valence-electron chi connectivity index (χ0n) is 17.5. The summed E-state index contributed by atoms with van der Waals surface area (Å²) < 4.78 is 7.00. The highest BCUT2D eigenvalue weighted by Gasteiger charge is 2.34. The van der Waals surface area contributed by atoms with E-state index in [0.717, 1.165) is 44.6 Å². The van der Waals surface area contributed by atoms with Crippen molar-refractivity contribution in [2.75, 3.05) is 25.0 Å². The Hall–Kier alpha value is -3.12. The minimum Gasteiger partial charge on any atom is -0.459 e. The van der Waals surface area contributed by atoms with E-state index >= 15 is 0 Å². The van der Waals surface area contributed by atoms with Crippen molar-refractivity contribution in [1.29, 1.82) is 0 Å². The van der Waals surface area contributed by atoms with E-state index in [1.807, 2.05) is 10.6 Å². The SMILES string of the molecule is O=C(Nc1ccc2n(c1=O)CC1CC2CN(CCCc2ccccc2)C1)c1ccco1. The van der Waals surface area contributed by atoms with Crippen molar-refractivity contribution in [3.8, 4) is 0 Å². The highest BCUT2D eigenvalue weighted by atomic mass is 16.3. The fraction of sp³-hybridized carbons (Fsp3) is 0.360. The molecule has 0 aliphatic carbocycles. The average Bonchev–Trinajstić information content (AvgIpc) is 3.32. The first-order valence-corrected chi connectivity index (χ1v) is 11.0. The molecule has 1 amide bonds. The van der Waals surface area contributed by atoms with Crippen molar-refractivity contribution in [1.82, 2.24) is 9.47 Å². The van der Waals surface area contributed by atoms with E-state index in [1.54, 1.807) is 18.2 Å². The molecule has 1 fully saturated rings. The third-order valence-electron chi connectivity index (χ3n) is 6.46. The molecule has 3 aromatic rings. The zero-order valence-corrected chi connectivity index (χ0v) is 17.5. The number of furan rings is 1. The lowest BCUT2D eigenvalue weighted by Gasteiger charge is -2.43. The zero-order chi connectivity index (χ0) is 21.2. The summed E-state index contributed by atoms with van der Waals surface area (Å²) in [4.78, 5) is 27.9. The molecule has 1 N–H and O–H groups in total. The number of amides is 1. The highest BCUT2D eigenvalue weighted by Crippen LogP contribution is 2.35. The van der Waals surface area contributed by atoms with Crippen LogP contribution in [0.1, 0.15) is 40.6 Å². The number of aromatic nitrogens is 1. The summed E-state index contributed by atoms with van der Waals surface area (Å²) in [6, 6.07) is 17.6. The number of nitrogens with one attached hydrogen (secondary N) is 1. The number of pyridine rings is 1. The number of anilines is 1. The molecule has 2 bridgehead atoms. The first-order chi connectivity index (χ1) is 15.2. The van der Waals surface area contributed by atoms with Gasteiger partial charge in [0.1, 0.15) is 5.69 Å². The number of nitrogens with zero attached hydrogens (tertiary/aromatic N) is 2. The Kier molecular flexibility index (Phi) is 5.47. The summed E-state index contributed by atoms with van der Waals surface area (Å²) in [5, 5.41) is 2.70. The molecule has 2 aliphatic heterocycles. The minimum atomic E-state index is -0.400. The maximum absolute atomic E-state index is 13.1. The van der Waals surface area contributed by atoms with Crippen LogP contribution in [0, 0.1) is 5.92 Å². The van der Waals surface area contributed by atoms with Crippen LogP contribution in [0.25, 0.3) is 0 Å². The van der Waals surface area contributed by atoms with E-state index in [2.05, 4.69) is 40.5 Å². The number of hydrogen-bond acceptors (Lipinski definition) is 4. The van der Waals surface area contributed by atoms with Crippen LogP contribution in [-0.2, 0) is 13.0 Å². The standard InChI is InChI=1S/C25H27N3O3/c29-24(23-9-5-13-31-23)26-21-10-11-22-20-14-19(16-28(22)25(21)30)15-27(17-20)12-4-8-18-6-2-1-3-7-18/h1-3,5-7,9-11,13,19-20H,4,8,12,14-17H2,(H,26,29). The molecular weight excluding hydrogens is 390 g/mol. The first-order valence-electron chi connectivity index (χ1n) is 11.0. The summed E-state index contributed by atoms with van der Waals surface area (Å²) in [6.07, 6.45) is 4.82. The number of carbonyl (C=O) groups is 1. The van der Waals surface area contributed by atoms with Gasteiger partial charge in [0.25, 0.3) is 11.5 Å². The lowest BCUT2D eigenvalue weighted by Crippen LogP contribution is -2.47. The van der Waals surface area contributed by atoms with Crippen molar-refractivity contribution in [2.45, 2.75) is 31.7 Å². The molecule has 2 atom stereocenters. The number of hydrogen-bond donors (Lipinski definition) is 1. The van der Waals surface area contributed by atoms with Crippen molar-refractivity contribution >= 4 is 11.6 Å². The Labute approximate surface area is 181 Å². The Morgan fingerprint density at radius 3 is 2.71 bits per heavy atom. The number of benzene rings is 1. The van der Waals surface area contributed by atoms with Gasteiger partial charge in [-0.2, -0.15) is 0 Å². The maximum Gasteiger partial charge on any atom is 0.291 e. The van der Waals surface area contributed by atoms with Gasteiger partial charge in [-0.25, -0.2) is 0 Å². The Morgan fingerprint density at radius 2 is 1.90 bits per heavy atom. The molecule has 0 radical (unpaired) electrons. The number of rotatable bonds is 6. The highest BCUT2D eigenvalue weighted by molar-refractivity contribution is 6.02. The number of likely N-dealkylation sites (tertiary alicyclic amines) is 1. The normalized spacial score (nSPS) is 20.3. The van der Waals surface area contributed by atoms with Crippen LogP contribution in [0.5, 0.6) is 0 Å². The molecule has 6 heteroatoms. The molecule has 4 heterocycles. The molecule has 0 spiro atoms. The van der Waals surface area contributed by atoms with Gasteiger partial charge in [-0.1, -0.05) is 30.3 Å². The van der Waals surface area contributed by atoms with E-state index < -0.39 is 5.91 Å². The molecule has 31 heavy (non-hydrogen) atoms. The Balaban J connectivity index is 1.26. The summed E-state index contributed by atoms with van der Waals surface area (Å²) >= 11 is 0. The molecule has 2 unspecified atom stereocenters. The smallest absolute Gasteiger partial charge is 0.291 e. The van der Waals surface area contributed by atoms with Gasteiger partial charge in [-0.15, -0.1) is 0 Å². The lowest BCUT2D eigenvalue weighted by molar-refractivity contribution is 0.0996. The third kappa shape index (κ3) is 4.21. The molecule has 2 aliphatic rings. The van der Waals surface area contributed by atoms with E-state index in [1.165, 1.54) is 11.8 Å². The predicted octanol–water partition coefficient (Wildman–Crippen LogP) is 3.75. The number of fused-ring (bicyclic) bond motifs is 4. The molecule has 1 saturated heterocycles. The van der Waals surface area contributed by atoms with Crippen LogP contribution >= 0.6 is 0 Å². The van der Waals surface area contributed by atoms with Gasteiger partial charge in [0.15, 0.2) is 5.76 Å². The molecular formula is C25H27N3O3. The summed E-state index contributed by atoms with van der Waals surface area (Å²) in [5.74, 6) is 0.636. The van der Waals surface area contributed by atoms with E-state index in [9.17, 15) is 9.59 Å². The second-order valence-corrected chi connectivity index (χ2v) is 8.67. The fourth-order valence-corrected chi connectivity index (χ4v) is 5.07. The van der Waals surface area contributed by atoms with Gasteiger partial charge < -0.3 is 19.2 Å². The van der Waals surface area contributed by atoms with Gasteiger partial charge in [0, 0.05) is 31.2 Å². The van der Waals surface area contributed by atoms with E-state index in [0.29, 0.717) is 24.1 Å². The van der Waals surface area contributed by atoms with Crippen molar-refractivity contribution in [2.24, 2.45) is 5.92 Å². The van der Waals surface area contributed by atoms with Crippen molar-refractivity contribution in [3.05, 3.63) is 88.2 Å². The van der Waals surface area contributed by atoms with Crippen LogP contribution in [-0.4, -0.2) is 35.0 Å². The molecule has 0 saturated carbocycles. The van der Waals surface area contributed by atoms with Crippen molar-refractivity contribution < 1.29 is 9.21 Å². The molecule has 160 valence electrons. The molecule has 1 aromatic carbocycles. The van der Waals surface area contributed by atoms with Gasteiger partial charge in [-0.05, 0) is 61.6 Å². The average molecular weight is 418 g/mol. The van der Waals surface area contributed by atoms with Crippen LogP contribution in [0.2, 0.25) is 0 Å². The minimum absolute atomic E-state index is 0.121. The number of piperidine rings is 1. The molecule has 6 nitrogen and oxygen atoms in total. The van der Waals surface area contributed by atoms with Gasteiger partial charge in [-0.3, -0.25) is 9.59 Å². The summed E-state index contributed by atoms with van der Waals surface area (Å²) in [7, 11) is 0. The Bertz CT molecular complexity index is 1100. The quantitative estimate of drug-likeness (QED) is 0.663. The van der Waals surface area contributed by atoms with Crippen molar-refractivity contribution in [3.63, 3.8) is 0 Å². The summed E-state index contributed by atoms with van der Waals surface area (Å²) in [6.45, 7) is 3.82. The third-order valence-corrected chi connectivity index (χ3v) is 6.46. The Morgan fingerprint density at radius 1 is 1.03 bits per heavy atom. The van der Waals surface area contributed by atoms with Gasteiger partial charge >= 0.3 is 0 Å².